The van der Waals surface area contributed by atoms with E-state index in [1.54, 1.807) is 0 Å². The van der Waals surface area contributed by atoms with Crippen LogP contribution in [0.1, 0.15) is 19.8 Å². The lowest BCUT2D eigenvalue weighted by atomic mass is 10.0. The summed E-state index contributed by atoms with van der Waals surface area (Å²) in [6, 6.07) is 0. The normalized spacial score (nSPS) is 14.8. The maximum atomic E-state index is 5.57. The second-order valence-electron chi connectivity index (χ2n) is 3.13. The van der Waals surface area contributed by atoms with Crippen LogP contribution in [0.5, 0.6) is 0 Å². The first-order valence-electron chi connectivity index (χ1n) is 4.54. The van der Waals surface area contributed by atoms with Crippen LogP contribution in [0, 0.1) is 5.92 Å². The second kappa shape index (κ2) is 7.28. The van der Waals surface area contributed by atoms with Crippen molar-refractivity contribution in [2.75, 3.05) is 19.6 Å². The molecule has 0 aliphatic rings. The Kier molecular flexibility index (Phi) is 7.05. The average Bonchev–Trinajstić information content (AvgIpc) is 2.11. The zero-order valence-electron chi connectivity index (χ0n) is 7.92. The summed E-state index contributed by atoms with van der Waals surface area (Å²) in [6.07, 6.45) is 4.19. The molecule has 0 bridgehead atoms. The van der Waals surface area contributed by atoms with Crippen molar-refractivity contribution in [2.24, 2.45) is 23.1 Å². The SMILES string of the molecule is CC(/C=C(/CN)CCCN)CN. The summed E-state index contributed by atoms with van der Waals surface area (Å²) in [5, 5.41) is 0. The highest BCUT2D eigenvalue weighted by Gasteiger charge is 1.98. The highest BCUT2D eigenvalue weighted by molar-refractivity contribution is 5.05. The molecule has 0 aromatic carbocycles. The molecule has 0 amide bonds. The van der Waals surface area contributed by atoms with Crippen molar-refractivity contribution >= 4 is 0 Å². The molecule has 0 aromatic heterocycles. The minimum absolute atomic E-state index is 0.432. The van der Waals surface area contributed by atoms with Gasteiger partial charge in [0, 0.05) is 6.54 Å². The Bertz CT molecular complexity index is 132. The first-order valence-corrected chi connectivity index (χ1v) is 4.54. The van der Waals surface area contributed by atoms with Crippen molar-refractivity contribution in [1.29, 1.82) is 0 Å². The summed E-state index contributed by atoms with van der Waals surface area (Å²) in [7, 11) is 0. The molecule has 12 heavy (non-hydrogen) atoms. The fraction of sp³-hybridized carbons (Fsp3) is 0.778. The van der Waals surface area contributed by atoms with E-state index in [4.69, 9.17) is 17.2 Å². The maximum absolute atomic E-state index is 5.57. The second-order valence-corrected chi connectivity index (χ2v) is 3.13. The molecule has 0 rings (SSSR count). The summed E-state index contributed by atoms with van der Waals surface area (Å²) in [4.78, 5) is 0. The van der Waals surface area contributed by atoms with Crippen molar-refractivity contribution in [3.05, 3.63) is 11.6 Å². The third kappa shape index (κ3) is 5.29. The van der Waals surface area contributed by atoms with Gasteiger partial charge in [0.15, 0.2) is 0 Å². The van der Waals surface area contributed by atoms with Crippen molar-refractivity contribution in [3.63, 3.8) is 0 Å². The van der Waals surface area contributed by atoms with E-state index >= 15 is 0 Å². The van der Waals surface area contributed by atoms with Gasteiger partial charge in [0.05, 0.1) is 0 Å². The molecule has 0 heterocycles. The molecule has 3 nitrogen and oxygen atoms in total. The standard InChI is InChI=1S/C9H21N3/c1-8(6-11)5-9(7-12)3-2-4-10/h5,8H,2-4,6-7,10-12H2,1H3/b9-5+. The molecule has 1 atom stereocenters. The fourth-order valence-electron chi connectivity index (χ4n) is 1.05. The van der Waals surface area contributed by atoms with E-state index in [9.17, 15) is 0 Å². The molecule has 0 radical (unpaired) electrons. The van der Waals surface area contributed by atoms with Gasteiger partial charge in [-0.1, -0.05) is 18.6 Å². The molecule has 0 aliphatic carbocycles. The Morgan fingerprint density at radius 2 is 2.00 bits per heavy atom. The average molecular weight is 171 g/mol. The third-order valence-electron chi connectivity index (χ3n) is 1.86. The smallest absolute Gasteiger partial charge is 0.0136 e. The Morgan fingerprint density at radius 3 is 2.42 bits per heavy atom. The molecule has 0 aliphatic heterocycles. The summed E-state index contributed by atoms with van der Waals surface area (Å²) < 4.78 is 0. The van der Waals surface area contributed by atoms with Gasteiger partial charge in [0.25, 0.3) is 0 Å². The van der Waals surface area contributed by atoms with Crippen LogP contribution in [-0.4, -0.2) is 19.6 Å². The van der Waals surface area contributed by atoms with E-state index in [0.29, 0.717) is 19.0 Å². The van der Waals surface area contributed by atoms with Crippen molar-refractivity contribution in [2.45, 2.75) is 19.8 Å². The lowest BCUT2D eigenvalue weighted by molar-refractivity contribution is 0.714. The van der Waals surface area contributed by atoms with E-state index in [1.807, 2.05) is 0 Å². The van der Waals surface area contributed by atoms with Gasteiger partial charge in [-0.15, -0.1) is 0 Å². The maximum Gasteiger partial charge on any atom is 0.0136 e. The Morgan fingerprint density at radius 1 is 1.33 bits per heavy atom. The summed E-state index contributed by atoms with van der Waals surface area (Å²) in [6.45, 7) is 4.14. The monoisotopic (exact) mass is 171 g/mol. The summed E-state index contributed by atoms with van der Waals surface area (Å²) >= 11 is 0. The molecule has 1 unspecified atom stereocenters. The highest BCUT2D eigenvalue weighted by Crippen LogP contribution is 2.06. The zero-order chi connectivity index (χ0) is 9.40. The van der Waals surface area contributed by atoms with Gasteiger partial charge in [0.1, 0.15) is 0 Å². The first kappa shape index (κ1) is 11.6. The van der Waals surface area contributed by atoms with E-state index < -0.39 is 0 Å². The molecule has 0 aromatic rings. The summed E-state index contributed by atoms with van der Waals surface area (Å²) in [5.74, 6) is 0.432. The molecule has 3 heteroatoms. The molecular formula is C9H21N3. The first-order chi connectivity index (χ1) is 5.74. The summed E-state index contributed by atoms with van der Waals surface area (Å²) in [5.41, 5.74) is 17.7. The van der Waals surface area contributed by atoms with E-state index in [0.717, 1.165) is 19.4 Å². The molecule has 6 N–H and O–H groups in total. The van der Waals surface area contributed by atoms with Crippen LogP contribution in [0.2, 0.25) is 0 Å². The molecule has 0 saturated heterocycles. The van der Waals surface area contributed by atoms with Gasteiger partial charge in [-0.05, 0) is 31.8 Å². The van der Waals surface area contributed by atoms with E-state index in [1.165, 1.54) is 5.57 Å². The highest BCUT2D eigenvalue weighted by atomic mass is 14.6. The quantitative estimate of drug-likeness (QED) is 0.500. The van der Waals surface area contributed by atoms with Crippen molar-refractivity contribution in [1.82, 2.24) is 0 Å². The minimum atomic E-state index is 0.432. The fourth-order valence-corrected chi connectivity index (χ4v) is 1.05. The van der Waals surface area contributed by atoms with Crippen LogP contribution >= 0.6 is 0 Å². The van der Waals surface area contributed by atoms with Gasteiger partial charge >= 0.3 is 0 Å². The van der Waals surface area contributed by atoms with Gasteiger partial charge in [-0.2, -0.15) is 0 Å². The predicted molar refractivity (Wildman–Crippen MR) is 53.6 cm³/mol. The third-order valence-corrected chi connectivity index (χ3v) is 1.86. The predicted octanol–water partition coefficient (Wildman–Crippen LogP) is 0.205. The molecule has 0 saturated carbocycles. The van der Waals surface area contributed by atoms with Gasteiger partial charge < -0.3 is 17.2 Å². The number of hydrogen-bond donors (Lipinski definition) is 3. The topological polar surface area (TPSA) is 78.1 Å². The van der Waals surface area contributed by atoms with E-state index in [2.05, 4.69) is 13.0 Å². The Balaban J connectivity index is 3.85. The molecule has 0 fully saturated rings. The van der Waals surface area contributed by atoms with Crippen LogP contribution in [0.15, 0.2) is 11.6 Å². The van der Waals surface area contributed by atoms with Crippen LogP contribution in [0.3, 0.4) is 0 Å². The van der Waals surface area contributed by atoms with Crippen LogP contribution in [-0.2, 0) is 0 Å². The molecular weight excluding hydrogens is 150 g/mol. The van der Waals surface area contributed by atoms with Crippen LogP contribution < -0.4 is 17.2 Å². The molecule has 0 spiro atoms. The van der Waals surface area contributed by atoms with Gasteiger partial charge in [0.2, 0.25) is 0 Å². The van der Waals surface area contributed by atoms with Gasteiger partial charge in [-0.3, -0.25) is 0 Å². The Hall–Kier alpha value is -0.380. The van der Waals surface area contributed by atoms with Gasteiger partial charge in [-0.25, -0.2) is 0 Å². The Labute approximate surface area is 75.0 Å². The number of hydrogen-bond acceptors (Lipinski definition) is 3. The zero-order valence-corrected chi connectivity index (χ0v) is 7.92. The lowest BCUT2D eigenvalue weighted by Gasteiger charge is -2.07. The molecule has 72 valence electrons. The van der Waals surface area contributed by atoms with Crippen molar-refractivity contribution < 1.29 is 0 Å². The number of nitrogens with two attached hydrogens (primary N) is 3. The largest absolute Gasteiger partial charge is 0.330 e. The lowest BCUT2D eigenvalue weighted by Crippen LogP contribution is -2.12. The minimum Gasteiger partial charge on any atom is -0.330 e. The number of rotatable bonds is 6. The van der Waals surface area contributed by atoms with Crippen molar-refractivity contribution in [3.8, 4) is 0 Å². The van der Waals surface area contributed by atoms with Crippen LogP contribution in [0.4, 0.5) is 0 Å². The van der Waals surface area contributed by atoms with E-state index in [-0.39, 0.29) is 0 Å². The van der Waals surface area contributed by atoms with Crippen LogP contribution in [0.25, 0.3) is 0 Å².